The Morgan fingerprint density at radius 3 is 2.31 bits per heavy atom. The second-order valence-electron chi connectivity index (χ2n) is 6.44. The predicted molar refractivity (Wildman–Crippen MR) is 115 cm³/mol. The van der Waals surface area contributed by atoms with E-state index in [1.807, 2.05) is 66.7 Å². The molecule has 1 fully saturated rings. The van der Waals surface area contributed by atoms with Crippen molar-refractivity contribution in [2.24, 2.45) is 0 Å². The number of carbonyl (C=O) groups excluding carboxylic acids is 2. The normalized spacial score (nSPS) is 14.9. The van der Waals surface area contributed by atoms with Crippen LogP contribution in [0.1, 0.15) is 11.1 Å². The molecule has 144 valence electrons. The van der Waals surface area contributed by atoms with Crippen LogP contribution in [0, 0.1) is 0 Å². The summed E-state index contributed by atoms with van der Waals surface area (Å²) in [5.41, 5.74) is 5.08. The molecular formula is C23H17BrN2O3. The molecule has 1 N–H and O–H groups in total. The number of hydrogen-bond donors (Lipinski definition) is 1. The molecule has 0 unspecified atom stereocenters. The van der Waals surface area contributed by atoms with Gasteiger partial charge in [-0.3, -0.25) is 15.0 Å². The lowest BCUT2D eigenvalue weighted by atomic mass is 10.1. The maximum Gasteiger partial charge on any atom is 0.282 e. The van der Waals surface area contributed by atoms with E-state index in [0.29, 0.717) is 18.0 Å². The van der Waals surface area contributed by atoms with Gasteiger partial charge in [0, 0.05) is 0 Å². The van der Waals surface area contributed by atoms with Crippen LogP contribution in [0.15, 0.2) is 88.9 Å². The van der Waals surface area contributed by atoms with E-state index in [0.717, 1.165) is 15.6 Å². The second-order valence-corrected chi connectivity index (χ2v) is 7.29. The van der Waals surface area contributed by atoms with Crippen LogP contribution in [0.3, 0.4) is 0 Å². The quantitative estimate of drug-likeness (QED) is 0.462. The van der Waals surface area contributed by atoms with E-state index in [4.69, 9.17) is 4.74 Å². The summed E-state index contributed by atoms with van der Waals surface area (Å²) >= 11 is 3.50. The SMILES string of the molecule is O=C1NN(c2ccccc2)C(=O)/C1=C\c1ccc(OCc2ccccc2)c(Br)c1. The summed E-state index contributed by atoms with van der Waals surface area (Å²) in [6.07, 6.45) is 1.58. The third kappa shape index (κ3) is 4.22. The zero-order chi connectivity index (χ0) is 20.2. The number of halogens is 1. The van der Waals surface area contributed by atoms with Gasteiger partial charge in [0.05, 0.1) is 10.2 Å². The lowest BCUT2D eigenvalue weighted by Crippen LogP contribution is -2.35. The van der Waals surface area contributed by atoms with Gasteiger partial charge in [-0.15, -0.1) is 0 Å². The lowest BCUT2D eigenvalue weighted by Gasteiger charge is -2.13. The van der Waals surface area contributed by atoms with Gasteiger partial charge in [-0.1, -0.05) is 54.6 Å². The maximum atomic E-state index is 12.7. The Bertz CT molecular complexity index is 1080. The van der Waals surface area contributed by atoms with Gasteiger partial charge < -0.3 is 4.74 Å². The molecule has 0 spiro atoms. The minimum absolute atomic E-state index is 0.0821. The van der Waals surface area contributed by atoms with Crippen LogP contribution in [0.4, 0.5) is 5.69 Å². The van der Waals surface area contributed by atoms with Crippen LogP contribution in [0.25, 0.3) is 6.08 Å². The number of hydrazine groups is 1. The summed E-state index contributed by atoms with van der Waals surface area (Å²) in [6.45, 7) is 0.451. The Hall–Kier alpha value is -3.38. The zero-order valence-electron chi connectivity index (χ0n) is 15.3. The summed E-state index contributed by atoms with van der Waals surface area (Å²) in [5, 5.41) is 1.25. The van der Waals surface area contributed by atoms with Crippen molar-refractivity contribution in [3.05, 3.63) is 100 Å². The van der Waals surface area contributed by atoms with E-state index in [2.05, 4.69) is 21.4 Å². The Morgan fingerprint density at radius 2 is 1.62 bits per heavy atom. The van der Waals surface area contributed by atoms with Crippen LogP contribution in [-0.2, 0) is 16.2 Å². The van der Waals surface area contributed by atoms with Crippen molar-refractivity contribution >= 4 is 39.5 Å². The molecule has 1 saturated heterocycles. The molecule has 1 heterocycles. The molecule has 0 aromatic heterocycles. The molecule has 1 aliphatic rings. The van der Waals surface area contributed by atoms with Crippen LogP contribution >= 0.6 is 15.9 Å². The number of ether oxygens (including phenoxy) is 1. The van der Waals surface area contributed by atoms with Gasteiger partial charge in [0.2, 0.25) is 0 Å². The van der Waals surface area contributed by atoms with Crippen molar-refractivity contribution in [2.45, 2.75) is 6.61 Å². The fraction of sp³-hybridized carbons (Fsp3) is 0.0435. The lowest BCUT2D eigenvalue weighted by molar-refractivity contribution is -0.117. The fourth-order valence-electron chi connectivity index (χ4n) is 2.94. The van der Waals surface area contributed by atoms with E-state index in [1.54, 1.807) is 18.2 Å². The zero-order valence-corrected chi connectivity index (χ0v) is 16.9. The van der Waals surface area contributed by atoms with Crippen LogP contribution in [-0.4, -0.2) is 11.8 Å². The number of carbonyl (C=O) groups is 2. The van der Waals surface area contributed by atoms with E-state index in [-0.39, 0.29) is 11.5 Å². The van der Waals surface area contributed by atoms with Gasteiger partial charge >= 0.3 is 0 Å². The van der Waals surface area contributed by atoms with Crippen molar-refractivity contribution in [2.75, 3.05) is 5.01 Å². The van der Waals surface area contributed by atoms with Crippen molar-refractivity contribution in [3.8, 4) is 5.75 Å². The maximum absolute atomic E-state index is 12.7. The smallest absolute Gasteiger partial charge is 0.282 e. The second kappa shape index (κ2) is 8.32. The highest BCUT2D eigenvalue weighted by atomic mass is 79.9. The molecule has 3 aromatic rings. The standard InChI is InChI=1S/C23H17BrN2O3/c24-20-14-17(11-12-21(20)29-15-16-7-3-1-4-8-16)13-19-22(27)25-26(23(19)28)18-9-5-2-6-10-18/h1-14H,15H2,(H,25,27)/b19-13-. The number of hydrogen-bond acceptors (Lipinski definition) is 3. The summed E-state index contributed by atoms with van der Waals surface area (Å²) in [4.78, 5) is 25.0. The van der Waals surface area contributed by atoms with E-state index < -0.39 is 5.91 Å². The highest BCUT2D eigenvalue weighted by molar-refractivity contribution is 9.10. The number of anilines is 1. The Morgan fingerprint density at radius 1 is 0.931 bits per heavy atom. The van der Waals surface area contributed by atoms with Gasteiger partial charge in [-0.25, -0.2) is 5.01 Å². The largest absolute Gasteiger partial charge is 0.488 e. The molecule has 1 aliphatic heterocycles. The first-order chi connectivity index (χ1) is 14.1. The first kappa shape index (κ1) is 19.0. The van der Waals surface area contributed by atoms with Crippen molar-refractivity contribution in [3.63, 3.8) is 0 Å². The molecule has 0 atom stereocenters. The third-order valence-electron chi connectivity index (χ3n) is 4.41. The molecule has 2 amide bonds. The topological polar surface area (TPSA) is 58.6 Å². The minimum Gasteiger partial charge on any atom is -0.488 e. The van der Waals surface area contributed by atoms with Gasteiger partial charge in [-0.05, 0) is 57.4 Å². The van der Waals surface area contributed by atoms with Crippen molar-refractivity contribution in [1.29, 1.82) is 0 Å². The summed E-state index contributed by atoms with van der Waals surface area (Å²) in [6, 6.07) is 24.3. The molecular weight excluding hydrogens is 432 g/mol. The molecule has 0 bridgehead atoms. The molecule has 4 rings (SSSR count). The molecule has 0 radical (unpaired) electrons. The number of para-hydroxylation sites is 1. The van der Waals surface area contributed by atoms with E-state index >= 15 is 0 Å². The average molecular weight is 449 g/mol. The van der Waals surface area contributed by atoms with Gasteiger partial charge in [-0.2, -0.15) is 0 Å². The number of benzene rings is 3. The number of amides is 2. The van der Waals surface area contributed by atoms with Crippen LogP contribution < -0.4 is 15.2 Å². The fourth-order valence-corrected chi connectivity index (χ4v) is 3.45. The highest BCUT2D eigenvalue weighted by Gasteiger charge is 2.34. The average Bonchev–Trinajstić information content (AvgIpc) is 3.03. The molecule has 5 nitrogen and oxygen atoms in total. The number of nitrogens with one attached hydrogen (secondary N) is 1. The predicted octanol–water partition coefficient (Wildman–Crippen LogP) is 4.49. The molecule has 0 saturated carbocycles. The minimum atomic E-state index is -0.431. The monoisotopic (exact) mass is 448 g/mol. The number of rotatable bonds is 5. The van der Waals surface area contributed by atoms with Crippen LogP contribution in [0.5, 0.6) is 5.75 Å². The van der Waals surface area contributed by atoms with E-state index in [9.17, 15) is 9.59 Å². The Labute approximate surface area is 176 Å². The first-order valence-electron chi connectivity index (χ1n) is 9.00. The van der Waals surface area contributed by atoms with Crippen molar-refractivity contribution < 1.29 is 14.3 Å². The highest BCUT2D eigenvalue weighted by Crippen LogP contribution is 2.29. The first-order valence-corrected chi connectivity index (χ1v) is 9.79. The summed E-state index contributed by atoms with van der Waals surface area (Å²) < 4.78 is 6.59. The van der Waals surface area contributed by atoms with Gasteiger partial charge in [0.25, 0.3) is 11.8 Å². The third-order valence-corrected chi connectivity index (χ3v) is 5.03. The van der Waals surface area contributed by atoms with E-state index in [1.165, 1.54) is 5.01 Å². The molecule has 6 heteroatoms. The summed E-state index contributed by atoms with van der Waals surface area (Å²) in [5.74, 6) is -0.134. The Balaban J connectivity index is 1.51. The molecule has 3 aromatic carbocycles. The number of nitrogens with zero attached hydrogens (tertiary/aromatic N) is 1. The Kier molecular flexibility index (Phi) is 5.44. The van der Waals surface area contributed by atoms with Crippen LogP contribution in [0.2, 0.25) is 0 Å². The molecule has 29 heavy (non-hydrogen) atoms. The van der Waals surface area contributed by atoms with Gasteiger partial charge in [0.1, 0.15) is 17.9 Å². The molecule has 0 aliphatic carbocycles. The van der Waals surface area contributed by atoms with Crippen molar-refractivity contribution in [1.82, 2.24) is 5.43 Å². The van der Waals surface area contributed by atoms with Gasteiger partial charge in [0.15, 0.2) is 0 Å². The summed E-state index contributed by atoms with van der Waals surface area (Å²) in [7, 11) is 0.